The van der Waals surface area contributed by atoms with E-state index in [1.54, 1.807) is 7.05 Å². The Hall–Kier alpha value is -1.88. The van der Waals surface area contributed by atoms with E-state index in [0.717, 1.165) is 18.4 Å². The van der Waals surface area contributed by atoms with Crippen LogP contribution in [0.4, 0.5) is 0 Å². The zero-order valence-electron chi connectivity index (χ0n) is 12.5. The molecule has 5 nitrogen and oxygen atoms in total. The van der Waals surface area contributed by atoms with Crippen LogP contribution in [-0.2, 0) is 14.3 Å². The van der Waals surface area contributed by atoms with Crippen LogP contribution < -0.4 is 5.73 Å². The second kappa shape index (κ2) is 6.26. The standard InChI is InChI=1S/C16H22N2O3/c1-18(16(15(17)20)10-6-7-11-16)14(19)13(21-2)12-8-4-3-5-9-12/h3-5,8-9,13H,6-7,10-11H2,1-2H3,(H2,17,20)/t13-/m0/s1. The highest BCUT2D eigenvalue weighted by atomic mass is 16.5. The fraction of sp³-hybridized carbons (Fsp3) is 0.500. The number of nitrogens with two attached hydrogens (primary N) is 1. The van der Waals surface area contributed by atoms with Crippen molar-refractivity contribution in [3.63, 3.8) is 0 Å². The van der Waals surface area contributed by atoms with Gasteiger partial charge in [-0.25, -0.2) is 0 Å². The van der Waals surface area contributed by atoms with E-state index in [0.29, 0.717) is 12.8 Å². The first-order valence-electron chi connectivity index (χ1n) is 7.18. The number of likely N-dealkylation sites (N-methyl/N-ethyl adjacent to an activating group) is 1. The summed E-state index contributed by atoms with van der Waals surface area (Å²) in [6.07, 6.45) is 2.34. The third kappa shape index (κ3) is 2.78. The van der Waals surface area contributed by atoms with Crippen LogP contribution in [0.5, 0.6) is 0 Å². The predicted octanol–water partition coefficient (Wildman–Crippen LogP) is 1.63. The molecule has 0 heterocycles. The van der Waals surface area contributed by atoms with Gasteiger partial charge in [0.1, 0.15) is 5.54 Å². The molecule has 1 aliphatic carbocycles. The molecule has 2 amide bonds. The van der Waals surface area contributed by atoms with Gasteiger partial charge in [0.2, 0.25) is 5.91 Å². The zero-order valence-corrected chi connectivity index (χ0v) is 12.5. The predicted molar refractivity (Wildman–Crippen MR) is 79.4 cm³/mol. The molecule has 0 aromatic heterocycles. The second-order valence-electron chi connectivity index (χ2n) is 5.53. The molecule has 0 saturated heterocycles. The average Bonchev–Trinajstić information content (AvgIpc) is 2.99. The summed E-state index contributed by atoms with van der Waals surface area (Å²) < 4.78 is 5.36. The normalized spacial score (nSPS) is 18.2. The van der Waals surface area contributed by atoms with Crippen molar-refractivity contribution in [3.8, 4) is 0 Å². The molecule has 2 N–H and O–H groups in total. The van der Waals surface area contributed by atoms with Crippen LogP contribution in [-0.4, -0.2) is 36.4 Å². The minimum Gasteiger partial charge on any atom is -0.368 e. The Balaban J connectivity index is 2.27. The molecule has 1 aromatic rings. The van der Waals surface area contributed by atoms with Crippen LogP contribution in [0.2, 0.25) is 0 Å². The van der Waals surface area contributed by atoms with Gasteiger partial charge in [0.15, 0.2) is 6.10 Å². The summed E-state index contributed by atoms with van der Waals surface area (Å²) >= 11 is 0. The van der Waals surface area contributed by atoms with Crippen LogP contribution >= 0.6 is 0 Å². The molecule has 1 saturated carbocycles. The summed E-state index contributed by atoms with van der Waals surface area (Å²) in [4.78, 5) is 26.2. The molecular formula is C16H22N2O3. The molecule has 1 aromatic carbocycles. The quantitative estimate of drug-likeness (QED) is 0.895. The summed E-state index contributed by atoms with van der Waals surface area (Å²) in [5.41, 5.74) is 5.48. The van der Waals surface area contributed by atoms with Gasteiger partial charge in [-0.1, -0.05) is 43.2 Å². The van der Waals surface area contributed by atoms with Gasteiger partial charge >= 0.3 is 0 Å². The van der Waals surface area contributed by atoms with E-state index in [9.17, 15) is 9.59 Å². The first kappa shape index (κ1) is 15.5. The molecule has 1 aliphatic rings. The Bertz CT molecular complexity index is 510. The summed E-state index contributed by atoms with van der Waals surface area (Å²) in [5.74, 6) is -0.664. The third-order valence-corrected chi connectivity index (χ3v) is 4.42. The molecule has 1 fully saturated rings. The van der Waals surface area contributed by atoms with Crippen molar-refractivity contribution in [2.24, 2.45) is 5.73 Å². The molecular weight excluding hydrogens is 268 g/mol. The van der Waals surface area contributed by atoms with Crippen LogP contribution in [0.25, 0.3) is 0 Å². The lowest BCUT2D eigenvalue weighted by Crippen LogP contribution is -2.57. The van der Waals surface area contributed by atoms with Gasteiger partial charge in [0, 0.05) is 14.2 Å². The van der Waals surface area contributed by atoms with E-state index < -0.39 is 17.6 Å². The SMILES string of the molecule is CO[C@H](C(=O)N(C)C1(C(N)=O)CCCC1)c1ccccc1. The number of carbonyl (C=O) groups excluding carboxylic acids is 2. The molecule has 114 valence electrons. The Labute approximate surface area is 125 Å². The summed E-state index contributed by atoms with van der Waals surface area (Å²) in [7, 11) is 3.14. The summed E-state index contributed by atoms with van der Waals surface area (Å²) in [6, 6.07) is 9.27. The van der Waals surface area contributed by atoms with E-state index in [1.165, 1.54) is 12.0 Å². The minimum absolute atomic E-state index is 0.232. The largest absolute Gasteiger partial charge is 0.368 e. The van der Waals surface area contributed by atoms with Crippen molar-refractivity contribution in [2.75, 3.05) is 14.2 Å². The number of rotatable bonds is 5. The Morgan fingerprint density at radius 2 is 1.81 bits per heavy atom. The van der Waals surface area contributed by atoms with E-state index in [-0.39, 0.29) is 5.91 Å². The van der Waals surface area contributed by atoms with Crippen molar-refractivity contribution in [2.45, 2.75) is 37.3 Å². The van der Waals surface area contributed by atoms with Crippen LogP contribution in [0, 0.1) is 0 Å². The molecule has 0 spiro atoms. The lowest BCUT2D eigenvalue weighted by molar-refractivity contribution is -0.152. The number of primary amides is 1. The van der Waals surface area contributed by atoms with Gasteiger partial charge in [0.25, 0.3) is 5.91 Å². The van der Waals surface area contributed by atoms with Crippen molar-refractivity contribution in [1.29, 1.82) is 0 Å². The molecule has 0 radical (unpaired) electrons. The highest BCUT2D eigenvalue weighted by Gasteiger charge is 2.46. The Morgan fingerprint density at radius 3 is 2.29 bits per heavy atom. The molecule has 2 rings (SSSR count). The number of carbonyl (C=O) groups is 2. The molecule has 0 bridgehead atoms. The van der Waals surface area contributed by atoms with Gasteiger partial charge in [-0.2, -0.15) is 0 Å². The van der Waals surface area contributed by atoms with Gasteiger partial charge < -0.3 is 15.4 Å². The van der Waals surface area contributed by atoms with E-state index in [4.69, 9.17) is 10.5 Å². The maximum atomic E-state index is 12.8. The number of hydrogen-bond acceptors (Lipinski definition) is 3. The summed E-state index contributed by atoms with van der Waals surface area (Å²) in [6.45, 7) is 0. The van der Waals surface area contributed by atoms with Crippen molar-refractivity contribution >= 4 is 11.8 Å². The number of ether oxygens (including phenoxy) is 1. The number of amides is 2. The maximum Gasteiger partial charge on any atom is 0.256 e. The van der Waals surface area contributed by atoms with Crippen LogP contribution in [0.3, 0.4) is 0 Å². The first-order chi connectivity index (χ1) is 10.0. The van der Waals surface area contributed by atoms with E-state index in [1.807, 2.05) is 30.3 Å². The lowest BCUT2D eigenvalue weighted by Gasteiger charge is -2.37. The molecule has 0 unspecified atom stereocenters. The zero-order chi connectivity index (χ0) is 15.5. The van der Waals surface area contributed by atoms with Gasteiger partial charge in [0.05, 0.1) is 0 Å². The highest BCUT2D eigenvalue weighted by molar-refractivity contribution is 5.92. The second-order valence-corrected chi connectivity index (χ2v) is 5.53. The maximum absolute atomic E-state index is 12.8. The number of methoxy groups -OCH3 is 1. The lowest BCUT2D eigenvalue weighted by atomic mass is 9.93. The van der Waals surface area contributed by atoms with E-state index in [2.05, 4.69) is 0 Å². The third-order valence-electron chi connectivity index (χ3n) is 4.42. The molecule has 5 heteroatoms. The molecule has 1 atom stereocenters. The minimum atomic E-state index is -0.872. The van der Waals surface area contributed by atoms with E-state index >= 15 is 0 Å². The monoisotopic (exact) mass is 290 g/mol. The van der Waals surface area contributed by atoms with Crippen molar-refractivity contribution in [1.82, 2.24) is 4.90 Å². The summed E-state index contributed by atoms with van der Waals surface area (Å²) in [5, 5.41) is 0. The van der Waals surface area contributed by atoms with Gasteiger partial charge in [-0.15, -0.1) is 0 Å². The van der Waals surface area contributed by atoms with Gasteiger partial charge in [-0.05, 0) is 18.4 Å². The van der Waals surface area contributed by atoms with Gasteiger partial charge in [-0.3, -0.25) is 9.59 Å². The number of nitrogens with zero attached hydrogens (tertiary/aromatic N) is 1. The topological polar surface area (TPSA) is 72.6 Å². The van der Waals surface area contributed by atoms with Crippen molar-refractivity contribution < 1.29 is 14.3 Å². The Morgan fingerprint density at radius 1 is 1.24 bits per heavy atom. The first-order valence-corrected chi connectivity index (χ1v) is 7.18. The number of hydrogen-bond donors (Lipinski definition) is 1. The van der Waals surface area contributed by atoms with Crippen LogP contribution in [0.1, 0.15) is 37.4 Å². The van der Waals surface area contributed by atoms with Crippen LogP contribution in [0.15, 0.2) is 30.3 Å². The fourth-order valence-electron chi connectivity index (χ4n) is 3.10. The Kier molecular flexibility index (Phi) is 4.63. The fourth-order valence-corrected chi connectivity index (χ4v) is 3.10. The highest BCUT2D eigenvalue weighted by Crippen LogP contribution is 2.36. The number of benzene rings is 1. The van der Waals surface area contributed by atoms with Crippen molar-refractivity contribution in [3.05, 3.63) is 35.9 Å². The smallest absolute Gasteiger partial charge is 0.256 e. The average molecular weight is 290 g/mol. The molecule has 21 heavy (non-hydrogen) atoms. The molecule has 0 aliphatic heterocycles.